The molecule has 0 spiro atoms. The highest BCUT2D eigenvalue weighted by atomic mass is 19.4. The van der Waals surface area contributed by atoms with Crippen molar-refractivity contribution in [1.29, 1.82) is 0 Å². The molecule has 0 aliphatic rings. The van der Waals surface area contributed by atoms with Crippen LogP contribution in [0.1, 0.15) is 25.5 Å². The van der Waals surface area contributed by atoms with E-state index >= 15 is 0 Å². The van der Waals surface area contributed by atoms with E-state index in [4.69, 9.17) is 15.3 Å². The molecule has 1 aromatic carbocycles. The molecule has 1 aromatic rings. The number of nitrogens with two attached hydrogens (primary N) is 1. The van der Waals surface area contributed by atoms with Gasteiger partial charge < -0.3 is 14.2 Å². The SMILES string of the molecule is CCOC(OCC)C(NN)c1ccccc1OC(F)(F)F. The zero-order chi connectivity index (χ0) is 15.9. The van der Waals surface area contributed by atoms with Crippen molar-refractivity contribution in [3.05, 3.63) is 29.8 Å². The highest BCUT2D eigenvalue weighted by molar-refractivity contribution is 5.36. The van der Waals surface area contributed by atoms with Gasteiger partial charge >= 0.3 is 6.36 Å². The molecular formula is C13H19F3N2O3. The molecule has 0 saturated carbocycles. The Morgan fingerprint density at radius 2 is 1.71 bits per heavy atom. The Morgan fingerprint density at radius 3 is 2.19 bits per heavy atom. The number of halogens is 3. The van der Waals surface area contributed by atoms with Gasteiger partial charge in [0.2, 0.25) is 0 Å². The summed E-state index contributed by atoms with van der Waals surface area (Å²) >= 11 is 0. The predicted molar refractivity (Wildman–Crippen MR) is 70.2 cm³/mol. The maximum atomic E-state index is 12.4. The summed E-state index contributed by atoms with van der Waals surface area (Å²) in [6.45, 7) is 4.14. The van der Waals surface area contributed by atoms with Crippen LogP contribution in [0, 0.1) is 0 Å². The van der Waals surface area contributed by atoms with Crippen molar-refractivity contribution in [1.82, 2.24) is 5.43 Å². The van der Waals surface area contributed by atoms with Crippen molar-refractivity contribution in [3.63, 3.8) is 0 Å². The summed E-state index contributed by atoms with van der Waals surface area (Å²) in [5, 5.41) is 0. The number of hydrogen-bond acceptors (Lipinski definition) is 5. The first-order chi connectivity index (χ1) is 9.92. The molecule has 8 heteroatoms. The van der Waals surface area contributed by atoms with Gasteiger partial charge in [0.15, 0.2) is 6.29 Å². The molecule has 0 aliphatic carbocycles. The Bertz CT molecular complexity index is 423. The number of nitrogens with one attached hydrogen (secondary N) is 1. The monoisotopic (exact) mass is 308 g/mol. The lowest BCUT2D eigenvalue weighted by molar-refractivity contribution is -0.275. The van der Waals surface area contributed by atoms with Crippen LogP contribution in [-0.4, -0.2) is 25.9 Å². The van der Waals surface area contributed by atoms with Gasteiger partial charge in [-0.1, -0.05) is 18.2 Å². The molecular weight excluding hydrogens is 289 g/mol. The Hall–Kier alpha value is -1.35. The van der Waals surface area contributed by atoms with Crippen LogP contribution in [0.15, 0.2) is 24.3 Å². The first-order valence-corrected chi connectivity index (χ1v) is 6.46. The maximum Gasteiger partial charge on any atom is 0.573 e. The molecule has 0 aliphatic heterocycles. The highest BCUT2D eigenvalue weighted by Crippen LogP contribution is 2.32. The highest BCUT2D eigenvalue weighted by Gasteiger charge is 2.34. The summed E-state index contributed by atoms with van der Waals surface area (Å²) in [5.74, 6) is 5.10. The summed E-state index contributed by atoms with van der Waals surface area (Å²) in [5.41, 5.74) is 2.62. The molecule has 0 heterocycles. The van der Waals surface area contributed by atoms with Crippen LogP contribution in [-0.2, 0) is 9.47 Å². The van der Waals surface area contributed by atoms with Gasteiger partial charge in [-0.05, 0) is 19.9 Å². The minimum Gasteiger partial charge on any atom is -0.405 e. The molecule has 5 nitrogen and oxygen atoms in total. The van der Waals surface area contributed by atoms with E-state index in [1.165, 1.54) is 18.2 Å². The minimum atomic E-state index is -4.79. The first kappa shape index (κ1) is 17.7. The topological polar surface area (TPSA) is 65.7 Å². The van der Waals surface area contributed by atoms with Gasteiger partial charge in [0.1, 0.15) is 11.8 Å². The zero-order valence-corrected chi connectivity index (χ0v) is 11.8. The lowest BCUT2D eigenvalue weighted by Crippen LogP contribution is -2.40. The number of alkyl halides is 3. The Balaban J connectivity index is 3.08. The van der Waals surface area contributed by atoms with Crippen LogP contribution in [0.25, 0.3) is 0 Å². The van der Waals surface area contributed by atoms with Crippen LogP contribution in [0.2, 0.25) is 0 Å². The third-order valence-corrected chi connectivity index (χ3v) is 2.59. The second kappa shape index (κ2) is 8.18. The van der Waals surface area contributed by atoms with E-state index in [1.54, 1.807) is 19.9 Å². The molecule has 0 fully saturated rings. The predicted octanol–water partition coefficient (Wildman–Crippen LogP) is 2.49. The van der Waals surface area contributed by atoms with Gasteiger partial charge in [0, 0.05) is 18.8 Å². The van der Waals surface area contributed by atoms with E-state index in [9.17, 15) is 13.2 Å². The molecule has 3 N–H and O–H groups in total. The molecule has 0 radical (unpaired) electrons. The summed E-state index contributed by atoms with van der Waals surface area (Å²) < 4.78 is 52.1. The smallest absolute Gasteiger partial charge is 0.405 e. The van der Waals surface area contributed by atoms with E-state index in [0.29, 0.717) is 13.2 Å². The lowest BCUT2D eigenvalue weighted by atomic mass is 10.1. The van der Waals surface area contributed by atoms with Crippen molar-refractivity contribution >= 4 is 0 Å². The van der Waals surface area contributed by atoms with Crippen LogP contribution < -0.4 is 16.0 Å². The van der Waals surface area contributed by atoms with E-state index in [1.807, 2.05) is 0 Å². The van der Waals surface area contributed by atoms with Crippen LogP contribution in [0.4, 0.5) is 13.2 Å². The Kier molecular flexibility index (Phi) is 6.90. The lowest BCUT2D eigenvalue weighted by Gasteiger charge is -2.27. The number of hydrogen-bond donors (Lipinski definition) is 2. The zero-order valence-electron chi connectivity index (χ0n) is 11.8. The van der Waals surface area contributed by atoms with Gasteiger partial charge in [-0.25, -0.2) is 5.43 Å². The van der Waals surface area contributed by atoms with Crippen LogP contribution >= 0.6 is 0 Å². The molecule has 1 unspecified atom stereocenters. The quantitative estimate of drug-likeness (QED) is 0.439. The van der Waals surface area contributed by atoms with E-state index in [-0.39, 0.29) is 11.3 Å². The van der Waals surface area contributed by atoms with E-state index < -0.39 is 18.7 Å². The number of ether oxygens (including phenoxy) is 3. The fraction of sp³-hybridized carbons (Fsp3) is 0.538. The maximum absolute atomic E-state index is 12.4. The fourth-order valence-corrected chi connectivity index (χ4v) is 1.84. The van der Waals surface area contributed by atoms with E-state index in [2.05, 4.69) is 10.2 Å². The number of benzene rings is 1. The second-order valence-corrected chi connectivity index (χ2v) is 4.01. The normalized spacial score (nSPS) is 13.5. The standard InChI is InChI=1S/C13H19F3N2O3/c1-3-19-12(20-4-2)11(18-17)9-7-5-6-8-10(9)21-13(14,15)16/h5-8,11-12,18H,3-4,17H2,1-2H3. The molecule has 1 atom stereocenters. The van der Waals surface area contributed by atoms with Crippen molar-refractivity contribution in [2.45, 2.75) is 32.5 Å². The fourth-order valence-electron chi connectivity index (χ4n) is 1.84. The third-order valence-electron chi connectivity index (χ3n) is 2.59. The average Bonchev–Trinajstić information content (AvgIpc) is 2.40. The van der Waals surface area contributed by atoms with Crippen molar-refractivity contribution in [3.8, 4) is 5.75 Å². The summed E-state index contributed by atoms with van der Waals surface area (Å²) in [7, 11) is 0. The summed E-state index contributed by atoms with van der Waals surface area (Å²) in [6.07, 6.45) is -5.62. The van der Waals surface area contributed by atoms with Crippen LogP contribution in [0.3, 0.4) is 0 Å². The molecule has 21 heavy (non-hydrogen) atoms. The largest absolute Gasteiger partial charge is 0.573 e. The molecule has 0 amide bonds. The molecule has 0 bridgehead atoms. The van der Waals surface area contributed by atoms with Crippen molar-refractivity contribution in [2.75, 3.05) is 13.2 Å². The number of rotatable bonds is 8. The van der Waals surface area contributed by atoms with Gasteiger partial charge in [-0.15, -0.1) is 13.2 Å². The first-order valence-electron chi connectivity index (χ1n) is 6.46. The summed E-state index contributed by atoms with van der Waals surface area (Å²) in [6, 6.07) is 4.90. The van der Waals surface area contributed by atoms with Gasteiger partial charge in [0.05, 0.1) is 0 Å². The molecule has 0 aromatic heterocycles. The Morgan fingerprint density at radius 1 is 1.14 bits per heavy atom. The van der Waals surface area contributed by atoms with Crippen LogP contribution in [0.5, 0.6) is 5.75 Å². The minimum absolute atomic E-state index is 0.198. The average molecular weight is 308 g/mol. The summed E-state index contributed by atoms with van der Waals surface area (Å²) in [4.78, 5) is 0. The van der Waals surface area contributed by atoms with Gasteiger partial charge in [0.25, 0.3) is 0 Å². The van der Waals surface area contributed by atoms with Crippen molar-refractivity contribution < 1.29 is 27.4 Å². The number of para-hydroxylation sites is 1. The molecule has 0 saturated heterocycles. The second-order valence-electron chi connectivity index (χ2n) is 4.01. The number of hydrazine groups is 1. The Labute approximate surface area is 121 Å². The molecule has 1 rings (SSSR count). The van der Waals surface area contributed by atoms with Gasteiger partial charge in [-0.2, -0.15) is 0 Å². The van der Waals surface area contributed by atoms with E-state index in [0.717, 1.165) is 0 Å². The van der Waals surface area contributed by atoms with Crippen molar-refractivity contribution in [2.24, 2.45) is 5.84 Å². The molecule has 120 valence electrons. The third kappa shape index (κ3) is 5.50. The van der Waals surface area contributed by atoms with Gasteiger partial charge in [-0.3, -0.25) is 5.84 Å².